The molecule has 0 amide bonds. The topological polar surface area (TPSA) is 57.1 Å². The molecule has 0 bridgehead atoms. The fourth-order valence-corrected chi connectivity index (χ4v) is 2.62. The van der Waals surface area contributed by atoms with E-state index in [4.69, 9.17) is 13.6 Å². The van der Waals surface area contributed by atoms with E-state index in [1.54, 1.807) is 27.7 Å². The van der Waals surface area contributed by atoms with Crippen molar-refractivity contribution >= 4 is 25.2 Å². The van der Waals surface area contributed by atoms with E-state index in [9.17, 15) is 4.57 Å². The van der Waals surface area contributed by atoms with Crippen LogP contribution in [0.5, 0.6) is 0 Å². The second-order valence-corrected chi connectivity index (χ2v) is 5.67. The van der Waals surface area contributed by atoms with Crippen LogP contribution in [0, 0.1) is 0 Å². The molecule has 0 aromatic heterocycles. The van der Waals surface area contributed by atoms with Crippen LogP contribution in [0.25, 0.3) is 0 Å². The molecule has 0 N–H and O–H groups in total. The third kappa shape index (κ3) is 9.60. The molecule has 0 rings (SSSR count). The van der Waals surface area contributed by atoms with Gasteiger partial charge in [-0.3, -0.25) is 13.6 Å². The zero-order valence-electron chi connectivity index (χ0n) is 10.7. The number of hydrogen-bond donors (Lipinski definition) is 0. The predicted molar refractivity (Wildman–Crippen MR) is 70.5 cm³/mol. The van der Waals surface area contributed by atoms with Crippen molar-refractivity contribution in [1.29, 1.82) is 0 Å². The highest BCUT2D eigenvalue weighted by Crippen LogP contribution is 2.51. The Hall–Kier alpha value is -0.0900. The molecule has 0 aliphatic heterocycles. The molecule has 0 radical (unpaired) electrons. The first-order chi connectivity index (χ1) is 7.89. The van der Waals surface area contributed by atoms with E-state index in [0.29, 0.717) is 13.0 Å². The number of hydrogen-bond acceptors (Lipinski definition) is 6. The lowest BCUT2D eigenvalue weighted by Crippen LogP contribution is -2.10. The van der Waals surface area contributed by atoms with Crippen LogP contribution in [0.2, 0.25) is 0 Å². The highest BCUT2D eigenvalue weighted by molar-refractivity contribution is 7.78. The van der Waals surface area contributed by atoms with E-state index in [2.05, 4.69) is 22.4 Å². The van der Waals surface area contributed by atoms with Crippen LogP contribution in [-0.2, 0) is 18.1 Å². The largest absolute Gasteiger partial charge is 0.475 e. The van der Waals surface area contributed by atoms with Crippen LogP contribution in [0.15, 0.2) is 4.99 Å². The number of nitrogens with zero attached hydrogens (tertiary/aromatic N) is 1. The molecule has 0 unspecified atom stereocenters. The van der Waals surface area contributed by atoms with Gasteiger partial charge in [0.2, 0.25) is 0 Å². The van der Waals surface area contributed by atoms with Gasteiger partial charge < -0.3 is 0 Å². The summed E-state index contributed by atoms with van der Waals surface area (Å²) >= 11 is 4.43. The van der Waals surface area contributed by atoms with Gasteiger partial charge in [0, 0.05) is 0 Å². The fourth-order valence-electron chi connectivity index (χ4n) is 0.968. The molecule has 5 nitrogen and oxygen atoms in total. The van der Waals surface area contributed by atoms with Gasteiger partial charge in [-0.05, 0) is 46.3 Å². The molecule has 0 aliphatic carbocycles. The number of phosphoric ester groups is 1. The number of rotatable bonds is 9. The van der Waals surface area contributed by atoms with Crippen molar-refractivity contribution in [3.05, 3.63) is 0 Å². The second-order valence-electron chi connectivity index (χ2n) is 3.92. The first-order valence-corrected chi connectivity index (χ1v) is 7.41. The van der Waals surface area contributed by atoms with Gasteiger partial charge in [0.1, 0.15) is 0 Å². The van der Waals surface area contributed by atoms with Crippen LogP contribution >= 0.6 is 20.0 Å². The van der Waals surface area contributed by atoms with E-state index >= 15 is 0 Å². The van der Waals surface area contributed by atoms with Crippen molar-refractivity contribution in [2.75, 3.05) is 13.2 Å². The Labute approximate surface area is 108 Å². The molecule has 0 heterocycles. The van der Waals surface area contributed by atoms with Crippen LogP contribution in [0.4, 0.5) is 0 Å². The smallest absolute Gasteiger partial charge is 0.287 e. The summed E-state index contributed by atoms with van der Waals surface area (Å²) in [7, 11) is -3.47. The minimum Gasteiger partial charge on any atom is -0.287 e. The minimum absolute atomic E-state index is 0.224. The van der Waals surface area contributed by atoms with Crippen LogP contribution < -0.4 is 0 Å². The van der Waals surface area contributed by atoms with Crippen molar-refractivity contribution in [3.63, 3.8) is 0 Å². The summed E-state index contributed by atoms with van der Waals surface area (Å²) in [6.07, 6.45) is 0.147. The lowest BCUT2D eigenvalue weighted by atomic mass is 10.5. The molecule has 0 fully saturated rings. The van der Waals surface area contributed by atoms with Crippen LogP contribution in [0.3, 0.4) is 0 Å². The molecule has 0 atom stereocenters. The molecule has 0 spiro atoms. The second kappa shape index (κ2) is 8.92. The number of phosphoric acid groups is 1. The summed E-state index contributed by atoms with van der Waals surface area (Å²) in [5, 5.41) is 2.25. The van der Waals surface area contributed by atoms with Gasteiger partial charge in [0.15, 0.2) is 0 Å². The molecular weight excluding hydrogens is 261 g/mol. The molecule has 0 aliphatic rings. The average molecular weight is 281 g/mol. The highest BCUT2D eigenvalue weighted by atomic mass is 32.1. The van der Waals surface area contributed by atoms with E-state index in [1.807, 2.05) is 0 Å². The fraction of sp³-hybridized carbons (Fsp3) is 0.900. The first kappa shape index (κ1) is 16.9. The van der Waals surface area contributed by atoms with Crippen molar-refractivity contribution in [2.45, 2.75) is 46.3 Å². The Morgan fingerprint density at radius 2 is 1.76 bits per heavy atom. The molecule has 0 saturated heterocycles. The van der Waals surface area contributed by atoms with E-state index in [0.717, 1.165) is 0 Å². The van der Waals surface area contributed by atoms with Crippen LogP contribution in [-0.4, -0.2) is 30.5 Å². The maximum Gasteiger partial charge on any atom is 0.475 e. The molecule has 17 heavy (non-hydrogen) atoms. The van der Waals surface area contributed by atoms with Gasteiger partial charge in [0.05, 0.1) is 30.5 Å². The van der Waals surface area contributed by atoms with E-state index in [1.165, 1.54) is 0 Å². The van der Waals surface area contributed by atoms with Crippen LogP contribution in [0.1, 0.15) is 34.1 Å². The summed E-state index contributed by atoms with van der Waals surface area (Å²) in [5.74, 6) is 0. The van der Waals surface area contributed by atoms with Gasteiger partial charge in [-0.1, -0.05) is 0 Å². The molecular formula is C10H20NO4PS. The third-order valence-electron chi connectivity index (χ3n) is 1.41. The molecule has 100 valence electrons. The molecule has 0 saturated carbocycles. The Bertz CT molecular complexity index is 289. The van der Waals surface area contributed by atoms with Crippen molar-refractivity contribution in [3.8, 4) is 0 Å². The number of aliphatic imine (C=N–C) groups is 1. The van der Waals surface area contributed by atoms with Crippen molar-refractivity contribution in [2.24, 2.45) is 4.99 Å². The summed E-state index contributed by atoms with van der Waals surface area (Å²) in [6, 6.07) is 0. The minimum atomic E-state index is -3.47. The standard InChI is InChI=1S/C10H20NO4PS/c1-9(2)14-16(12,15-10(3)4)13-7-5-6-11-8-17/h9-10H,5-7H2,1-4H3. The average Bonchev–Trinajstić information content (AvgIpc) is 2.14. The lowest BCUT2D eigenvalue weighted by molar-refractivity contribution is 0.0720. The maximum atomic E-state index is 12.1. The molecule has 0 aromatic carbocycles. The summed E-state index contributed by atoms with van der Waals surface area (Å²) in [4.78, 5) is 3.73. The maximum absolute atomic E-state index is 12.1. The van der Waals surface area contributed by atoms with Crippen molar-refractivity contribution < 1.29 is 18.1 Å². The first-order valence-electron chi connectivity index (χ1n) is 5.54. The molecule has 0 aromatic rings. The molecule has 7 heteroatoms. The number of isothiocyanates is 1. The third-order valence-corrected chi connectivity index (χ3v) is 3.40. The van der Waals surface area contributed by atoms with E-state index < -0.39 is 7.82 Å². The summed E-state index contributed by atoms with van der Waals surface area (Å²) < 4.78 is 27.7. The SMILES string of the molecule is CC(C)OP(=O)(OCCCN=C=S)OC(C)C. The monoisotopic (exact) mass is 281 g/mol. The Kier molecular flexibility index (Phi) is 8.88. The van der Waals surface area contributed by atoms with Crippen molar-refractivity contribution in [1.82, 2.24) is 0 Å². The Morgan fingerprint density at radius 3 is 2.18 bits per heavy atom. The summed E-state index contributed by atoms with van der Waals surface area (Å²) in [6.45, 7) is 7.84. The van der Waals surface area contributed by atoms with Gasteiger partial charge in [-0.25, -0.2) is 9.56 Å². The highest BCUT2D eigenvalue weighted by Gasteiger charge is 2.29. The van der Waals surface area contributed by atoms with Gasteiger partial charge in [-0.15, -0.1) is 0 Å². The van der Waals surface area contributed by atoms with Gasteiger partial charge in [0.25, 0.3) is 0 Å². The number of thiocarbonyl (C=S) groups is 1. The predicted octanol–water partition coefficient (Wildman–Crippen LogP) is 3.45. The quantitative estimate of drug-likeness (QED) is 0.280. The van der Waals surface area contributed by atoms with Gasteiger partial charge in [-0.2, -0.15) is 0 Å². The Balaban J connectivity index is 4.18. The zero-order chi connectivity index (χ0) is 13.3. The lowest BCUT2D eigenvalue weighted by Gasteiger charge is -2.21. The normalized spacial score (nSPS) is 11.9. The van der Waals surface area contributed by atoms with Gasteiger partial charge >= 0.3 is 7.82 Å². The zero-order valence-corrected chi connectivity index (χ0v) is 12.4. The Morgan fingerprint density at radius 1 is 1.24 bits per heavy atom. The summed E-state index contributed by atoms with van der Waals surface area (Å²) in [5.41, 5.74) is 0. The van der Waals surface area contributed by atoms with E-state index in [-0.39, 0.29) is 18.8 Å².